The number of hydrogen-bond acceptors (Lipinski definition) is 2. The average Bonchev–Trinajstić information content (AvgIpc) is 2.39. The summed E-state index contributed by atoms with van der Waals surface area (Å²) in [6, 6.07) is 9.98. The van der Waals surface area contributed by atoms with E-state index in [9.17, 15) is 4.79 Å². The molecule has 0 heterocycles. The highest BCUT2D eigenvalue weighted by molar-refractivity contribution is 7.81. The van der Waals surface area contributed by atoms with E-state index in [4.69, 9.17) is 0 Å². The van der Waals surface area contributed by atoms with Gasteiger partial charge in [-0.05, 0) is 24.8 Å². The lowest BCUT2D eigenvalue weighted by atomic mass is 10.1. The summed E-state index contributed by atoms with van der Waals surface area (Å²) in [5, 5.41) is -0.263. The van der Waals surface area contributed by atoms with E-state index in [2.05, 4.69) is 19.2 Å². The predicted molar refractivity (Wildman–Crippen MR) is 80.0 cm³/mol. The summed E-state index contributed by atoms with van der Waals surface area (Å²) < 4.78 is 0. The molecule has 0 spiro atoms. The molecule has 2 nitrogen and oxygen atoms in total. The fraction of sp³-hybridized carbons (Fsp3) is 0.400. The fourth-order valence-corrected chi connectivity index (χ4v) is 2.17. The van der Waals surface area contributed by atoms with Crippen LogP contribution in [0.2, 0.25) is 0 Å². The van der Waals surface area contributed by atoms with E-state index < -0.39 is 0 Å². The topological polar surface area (TPSA) is 20.3 Å². The Hall–Kier alpha value is -1.22. The van der Waals surface area contributed by atoms with Crippen LogP contribution in [0.5, 0.6) is 0 Å². The zero-order chi connectivity index (χ0) is 13.4. The quantitative estimate of drug-likeness (QED) is 0.455. The zero-order valence-corrected chi connectivity index (χ0v) is 11.8. The van der Waals surface area contributed by atoms with Crippen molar-refractivity contribution in [3.8, 4) is 0 Å². The molecule has 0 bridgehead atoms. The highest BCUT2D eigenvalue weighted by atomic mass is 32.1. The number of carbonyl (C=O) groups is 1. The van der Waals surface area contributed by atoms with Crippen LogP contribution in [0.25, 0.3) is 0 Å². The maximum Gasteiger partial charge on any atom is 0.235 e. The Kier molecular flexibility index (Phi) is 6.58. The fourth-order valence-electron chi connectivity index (χ4n) is 1.76. The summed E-state index contributed by atoms with van der Waals surface area (Å²) in [6.45, 7) is 4.44. The monoisotopic (exact) mass is 263 g/mol. The van der Waals surface area contributed by atoms with Gasteiger partial charge in [-0.2, -0.15) is 12.6 Å². The third kappa shape index (κ3) is 4.96. The van der Waals surface area contributed by atoms with E-state index in [1.807, 2.05) is 43.5 Å². The number of thiol groups is 1. The van der Waals surface area contributed by atoms with Crippen LogP contribution in [0, 0.1) is 0 Å². The first-order chi connectivity index (χ1) is 8.65. The van der Waals surface area contributed by atoms with Crippen molar-refractivity contribution in [3.63, 3.8) is 0 Å². The van der Waals surface area contributed by atoms with Crippen LogP contribution in [-0.4, -0.2) is 29.6 Å². The van der Waals surface area contributed by atoms with E-state index in [-0.39, 0.29) is 11.2 Å². The first-order valence-electron chi connectivity index (χ1n) is 6.23. The lowest BCUT2D eigenvalue weighted by Gasteiger charge is -2.20. The summed E-state index contributed by atoms with van der Waals surface area (Å²) in [6.07, 6.45) is 4.44. The number of unbranched alkanes of at least 4 members (excludes halogenated alkanes) is 1. The molecule has 0 aromatic heterocycles. The number of carbonyl (C=O) groups excluding carboxylic acids is 1. The molecule has 0 aliphatic rings. The Morgan fingerprint density at radius 3 is 2.72 bits per heavy atom. The molecule has 0 saturated heterocycles. The Labute approximate surface area is 115 Å². The molecule has 18 heavy (non-hydrogen) atoms. The highest BCUT2D eigenvalue weighted by Gasteiger charge is 2.18. The van der Waals surface area contributed by atoms with E-state index in [1.165, 1.54) is 0 Å². The molecule has 0 radical (unpaired) electrons. The second kappa shape index (κ2) is 7.98. The van der Waals surface area contributed by atoms with Gasteiger partial charge in [-0.3, -0.25) is 4.79 Å². The first-order valence-corrected chi connectivity index (χ1v) is 6.74. The second-order valence-corrected chi connectivity index (χ2v) is 5.02. The number of allylic oxidation sites excluding steroid dienone is 1. The van der Waals surface area contributed by atoms with Gasteiger partial charge in [0.25, 0.3) is 0 Å². The lowest BCUT2D eigenvalue weighted by Crippen LogP contribution is -2.35. The van der Waals surface area contributed by atoms with Crippen molar-refractivity contribution in [2.75, 3.05) is 13.6 Å². The number of benzene rings is 1. The maximum absolute atomic E-state index is 12.1. The number of nitrogens with zero attached hydrogens (tertiary/aromatic N) is 1. The van der Waals surface area contributed by atoms with Gasteiger partial charge in [-0.1, -0.05) is 36.4 Å². The predicted octanol–water partition coefficient (Wildman–Crippen LogP) is 2.95. The Bertz CT molecular complexity index is 377. The molecule has 3 heteroatoms. The van der Waals surface area contributed by atoms with Crippen LogP contribution >= 0.6 is 12.6 Å². The molecule has 0 saturated carbocycles. The van der Waals surface area contributed by atoms with Crippen molar-refractivity contribution < 1.29 is 4.79 Å². The molecular formula is C15H21NOS. The number of rotatable bonds is 7. The first kappa shape index (κ1) is 14.8. The molecule has 1 atom stereocenters. The largest absolute Gasteiger partial charge is 0.345 e. The van der Waals surface area contributed by atoms with Crippen LogP contribution in [0.4, 0.5) is 0 Å². The molecule has 0 aliphatic heterocycles. The summed E-state index contributed by atoms with van der Waals surface area (Å²) in [4.78, 5) is 13.8. The SMILES string of the molecule is C=CCCCN(C)C(=O)C(S)Cc1ccccc1. The van der Waals surface area contributed by atoms with Crippen LogP contribution in [-0.2, 0) is 11.2 Å². The molecule has 1 aromatic rings. The van der Waals surface area contributed by atoms with Crippen LogP contribution in [0.3, 0.4) is 0 Å². The van der Waals surface area contributed by atoms with Crippen LogP contribution < -0.4 is 0 Å². The third-order valence-electron chi connectivity index (χ3n) is 2.83. The van der Waals surface area contributed by atoms with Gasteiger partial charge in [0.2, 0.25) is 5.91 Å². The van der Waals surface area contributed by atoms with Gasteiger partial charge in [-0.15, -0.1) is 6.58 Å². The van der Waals surface area contributed by atoms with Crippen molar-refractivity contribution in [1.29, 1.82) is 0 Å². The molecule has 98 valence electrons. The van der Waals surface area contributed by atoms with Gasteiger partial charge in [0.05, 0.1) is 5.25 Å². The average molecular weight is 263 g/mol. The van der Waals surface area contributed by atoms with Gasteiger partial charge in [0.15, 0.2) is 0 Å². The van der Waals surface area contributed by atoms with E-state index >= 15 is 0 Å². The van der Waals surface area contributed by atoms with E-state index in [0.717, 1.165) is 24.9 Å². The van der Waals surface area contributed by atoms with Crippen LogP contribution in [0.1, 0.15) is 18.4 Å². The van der Waals surface area contributed by atoms with Crippen molar-refractivity contribution in [3.05, 3.63) is 48.6 Å². The van der Waals surface area contributed by atoms with Crippen molar-refractivity contribution in [2.24, 2.45) is 0 Å². The second-order valence-electron chi connectivity index (χ2n) is 4.40. The number of hydrogen-bond donors (Lipinski definition) is 1. The normalized spacial score (nSPS) is 11.9. The minimum absolute atomic E-state index is 0.0891. The van der Waals surface area contributed by atoms with Gasteiger partial charge in [0.1, 0.15) is 0 Å². The third-order valence-corrected chi connectivity index (χ3v) is 3.24. The van der Waals surface area contributed by atoms with Gasteiger partial charge >= 0.3 is 0 Å². The molecule has 1 rings (SSSR count). The van der Waals surface area contributed by atoms with Gasteiger partial charge in [-0.25, -0.2) is 0 Å². The van der Waals surface area contributed by atoms with E-state index in [1.54, 1.807) is 4.90 Å². The minimum Gasteiger partial charge on any atom is -0.345 e. The highest BCUT2D eigenvalue weighted by Crippen LogP contribution is 2.10. The summed E-state index contributed by atoms with van der Waals surface area (Å²) in [7, 11) is 1.83. The lowest BCUT2D eigenvalue weighted by molar-refractivity contribution is -0.129. The van der Waals surface area contributed by atoms with Crippen molar-refractivity contribution in [1.82, 2.24) is 4.90 Å². The molecule has 1 aromatic carbocycles. The Morgan fingerprint density at radius 2 is 2.11 bits per heavy atom. The molecule has 0 fully saturated rings. The summed E-state index contributed by atoms with van der Waals surface area (Å²) in [5.74, 6) is 0.0891. The smallest absolute Gasteiger partial charge is 0.235 e. The Morgan fingerprint density at radius 1 is 1.44 bits per heavy atom. The number of amides is 1. The van der Waals surface area contributed by atoms with Gasteiger partial charge < -0.3 is 4.90 Å². The summed E-state index contributed by atoms with van der Waals surface area (Å²) in [5.41, 5.74) is 1.14. The molecule has 0 aliphatic carbocycles. The van der Waals surface area contributed by atoms with Gasteiger partial charge in [0, 0.05) is 13.6 Å². The molecule has 1 amide bonds. The van der Waals surface area contributed by atoms with E-state index in [0.29, 0.717) is 6.42 Å². The Balaban J connectivity index is 2.43. The zero-order valence-electron chi connectivity index (χ0n) is 10.9. The standard InChI is InChI=1S/C15H21NOS/c1-3-4-8-11-16(2)15(17)14(18)12-13-9-6-5-7-10-13/h3,5-7,9-10,14,18H,1,4,8,11-12H2,2H3. The van der Waals surface area contributed by atoms with Crippen molar-refractivity contribution >= 4 is 18.5 Å². The molecule has 1 unspecified atom stereocenters. The van der Waals surface area contributed by atoms with Crippen LogP contribution in [0.15, 0.2) is 43.0 Å². The van der Waals surface area contributed by atoms with Crippen molar-refractivity contribution in [2.45, 2.75) is 24.5 Å². The molecular weight excluding hydrogens is 242 g/mol. The molecule has 0 N–H and O–H groups in total. The summed E-state index contributed by atoms with van der Waals surface area (Å²) >= 11 is 4.41. The minimum atomic E-state index is -0.263. The maximum atomic E-state index is 12.1.